The van der Waals surface area contributed by atoms with Crippen LogP contribution in [0.5, 0.6) is 0 Å². The minimum atomic E-state index is -0.550. The number of nitrogens with two attached hydrogens (primary N) is 1. The molecule has 0 saturated carbocycles. The lowest BCUT2D eigenvalue weighted by Crippen LogP contribution is -2.42. The predicted molar refractivity (Wildman–Crippen MR) is 95.7 cm³/mol. The van der Waals surface area contributed by atoms with Gasteiger partial charge in [-0.1, -0.05) is 17.7 Å². The van der Waals surface area contributed by atoms with Crippen LogP contribution in [0.3, 0.4) is 0 Å². The van der Waals surface area contributed by atoms with Gasteiger partial charge in [0.15, 0.2) is 0 Å². The smallest absolute Gasteiger partial charge is 0.241 e. The van der Waals surface area contributed by atoms with E-state index in [1.807, 2.05) is 5.38 Å². The highest BCUT2D eigenvalue weighted by molar-refractivity contribution is 7.09. The number of carbonyl (C=O) groups is 1. The number of aromatic nitrogens is 1. The number of amides is 1. The van der Waals surface area contributed by atoms with Crippen molar-refractivity contribution in [1.82, 2.24) is 10.3 Å². The molecule has 2 aromatic rings. The fourth-order valence-corrected chi connectivity index (χ4v) is 2.92. The van der Waals surface area contributed by atoms with Crippen molar-refractivity contribution >= 4 is 34.5 Å². The Morgan fingerprint density at radius 1 is 1.54 bits per heavy atom. The molecule has 1 heterocycles. The van der Waals surface area contributed by atoms with Crippen molar-refractivity contribution in [2.75, 3.05) is 11.9 Å². The first-order valence-electron chi connectivity index (χ1n) is 7.26. The standard InChI is InChI=1S/C16H18ClFN4OS/c1-2-5-20-14(9-13(19)16-21-6-7-24-16)15(23)22-10-3-4-12(18)11(17)8-10/h2-4,6-8,13-14,20H,1,5,9,19H2,(H,22,23)/t13-,14+/m1/s1. The molecule has 0 aliphatic heterocycles. The second kappa shape index (κ2) is 8.89. The summed E-state index contributed by atoms with van der Waals surface area (Å²) in [4.78, 5) is 16.7. The zero-order valence-electron chi connectivity index (χ0n) is 12.8. The quantitative estimate of drug-likeness (QED) is 0.625. The number of benzene rings is 1. The van der Waals surface area contributed by atoms with Crippen molar-refractivity contribution < 1.29 is 9.18 Å². The molecule has 0 aliphatic rings. The highest BCUT2D eigenvalue weighted by Crippen LogP contribution is 2.21. The van der Waals surface area contributed by atoms with Crippen LogP contribution in [0, 0.1) is 5.82 Å². The highest BCUT2D eigenvalue weighted by Gasteiger charge is 2.23. The van der Waals surface area contributed by atoms with Gasteiger partial charge >= 0.3 is 0 Å². The maximum Gasteiger partial charge on any atom is 0.241 e. The van der Waals surface area contributed by atoms with Crippen LogP contribution in [-0.2, 0) is 4.79 Å². The third-order valence-electron chi connectivity index (χ3n) is 3.27. The number of carbonyl (C=O) groups excluding carboxylic acids is 1. The molecular weight excluding hydrogens is 351 g/mol. The average molecular weight is 369 g/mol. The average Bonchev–Trinajstić information content (AvgIpc) is 3.09. The lowest BCUT2D eigenvalue weighted by Gasteiger charge is -2.20. The number of hydrogen-bond acceptors (Lipinski definition) is 5. The van der Waals surface area contributed by atoms with Crippen LogP contribution in [0.25, 0.3) is 0 Å². The molecule has 0 aliphatic carbocycles. The molecule has 5 nitrogen and oxygen atoms in total. The molecule has 0 fully saturated rings. The van der Waals surface area contributed by atoms with E-state index in [4.69, 9.17) is 17.3 Å². The van der Waals surface area contributed by atoms with Gasteiger partial charge in [0, 0.05) is 23.8 Å². The Labute approximate surface area is 148 Å². The summed E-state index contributed by atoms with van der Waals surface area (Å²) in [6.45, 7) is 4.08. The van der Waals surface area contributed by atoms with Crippen LogP contribution >= 0.6 is 22.9 Å². The molecule has 0 unspecified atom stereocenters. The molecule has 4 N–H and O–H groups in total. The van der Waals surface area contributed by atoms with Crippen LogP contribution in [0.15, 0.2) is 42.4 Å². The Kier molecular flexibility index (Phi) is 6.86. The zero-order valence-corrected chi connectivity index (χ0v) is 14.4. The number of thiazole rings is 1. The van der Waals surface area contributed by atoms with Crippen molar-refractivity contribution in [3.8, 4) is 0 Å². The molecule has 1 aromatic carbocycles. The van der Waals surface area contributed by atoms with Gasteiger partial charge < -0.3 is 16.4 Å². The van der Waals surface area contributed by atoms with Crippen LogP contribution in [0.4, 0.5) is 10.1 Å². The van der Waals surface area contributed by atoms with E-state index in [1.165, 1.54) is 29.5 Å². The molecule has 8 heteroatoms. The molecule has 0 radical (unpaired) electrons. The molecule has 0 bridgehead atoms. The molecule has 1 aromatic heterocycles. The predicted octanol–water partition coefficient (Wildman–Crippen LogP) is 3.11. The first-order chi connectivity index (χ1) is 11.5. The van der Waals surface area contributed by atoms with Crippen molar-refractivity contribution in [2.45, 2.75) is 18.5 Å². The Hall–Kier alpha value is -1.80. The Bertz CT molecular complexity index is 695. The molecule has 24 heavy (non-hydrogen) atoms. The van der Waals surface area contributed by atoms with Gasteiger partial charge in [-0.05, 0) is 24.6 Å². The summed E-state index contributed by atoms with van der Waals surface area (Å²) in [6, 6.07) is 3.09. The minimum Gasteiger partial charge on any atom is -0.325 e. The Balaban J connectivity index is 2.06. The number of halogens is 2. The molecule has 0 spiro atoms. The Morgan fingerprint density at radius 2 is 2.33 bits per heavy atom. The molecule has 2 rings (SSSR count). The largest absolute Gasteiger partial charge is 0.325 e. The Morgan fingerprint density at radius 3 is 2.96 bits per heavy atom. The van der Waals surface area contributed by atoms with E-state index in [1.54, 1.807) is 12.3 Å². The van der Waals surface area contributed by atoms with Gasteiger partial charge in [0.05, 0.1) is 17.1 Å². The van der Waals surface area contributed by atoms with Crippen LogP contribution in [0.1, 0.15) is 17.5 Å². The number of anilines is 1. The van der Waals surface area contributed by atoms with Crippen molar-refractivity contribution in [1.29, 1.82) is 0 Å². The minimum absolute atomic E-state index is 0.0529. The third kappa shape index (κ3) is 5.10. The molecule has 2 atom stereocenters. The summed E-state index contributed by atoms with van der Waals surface area (Å²) in [6.07, 6.45) is 3.69. The summed E-state index contributed by atoms with van der Waals surface area (Å²) in [5.74, 6) is -0.826. The van der Waals surface area contributed by atoms with Crippen LogP contribution in [0.2, 0.25) is 5.02 Å². The van der Waals surface area contributed by atoms with Crippen LogP contribution in [-0.4, -0.2) is 23.5 Å². The second-order valence-electron chi connectivity index (χ2n) is 5.08. The number of hydrogen-bond donors (Lipinski definition) is 3. The van der Waals surface area contributed by atoms with E-state index in [-0.39, 0.29) is 17.0 Å². The van der Waals surface area contributed by atoms with Gasteiger partial charge in [0.1, 0.15) is 10.8 Å². The molecule has 0 saturated heterocycles. The molecule has 1 amide bonds. The summed E-state index contributed by atoms with van der Waals surface area (Å²) < 4.78 is 13.2. The summed E-state index contributed by atoms with van der Waals surface area (Å²) in [5, 5.41) is 8.32. The first kappa shape index (κ1) is 18.5. The maximum atomic E-state index is 13.2. The van der Waals surface area contributed by atoms with E-state index in [0.717, 1.165) is 5.01 Å². The van der Waals surface area contributed by atoms with E-state index in [0.29, 0.717) is 18.7 Å². The third-order valence-corrected chi connectivity index (χ3v) is 4.47. The summed E-state index contributed by atoms with van der Waals surface area (Å²) >= 11 is 7.17. The monoisotopic (exact) mass is 368 g/mol. The topological polar surface area (TPSA) is 80.0 Å². The molecule has 128 valence electrons. The lowest BCUT2D eigenvalue weighted by molar-refractivity contribution is -0.118. The van der Waals surface area contributed by atoms with Crippen LogP contribution < -0.4 is 16.4 Å². The highest BCUT2D eigenvalue weighted by atomic mass is 35.5. The van der Waals surface area contributed by atoms with E-state index >= 15 is 0 Å². The number of rotatable bonds is 8. The number of nitrogens with zero attached hydrogens (tertiary/aromatic N) is 1. The van der Waals surface area contributed by atoms with Crippen molar-refractivity contribution in [2.24, 2.45) is 5.73 Å². The lowest BCUT2D eigenvalue weighted by atomic mass is 10.1. The van der Waals surface area contributed by atoms with E-state index < -0.39 is 11.9 Å². The van der Waals surface area contributed by atoms with E-state index in [2.05, 4.69) is 22.2 Å². The second-order valence-corrected chi connectivity index (χ2v) is 6.41. The van der Waals surface area contributed by atoms with Gasteiger partial charge in [-0.15, -0.1) is 17.9 Å². The zero-order chi connectivity index (χ0) is 17.5. The SMILES string of the molecule is C=CCN[C@@H](C[C@@H](N)c1nccs1)C(=O)Nc1ccc(F)c(Cl)c1. The summed E-state index contributed by atoms with van der Waals surface area (Å²) in [5.41, 5.74) is 6.53. The van der Waals surface area contributed by atoms with Gasteiger partial charge in [0.25, 0.3) is 0 Å². The van der Waals surface area contributed by atoms with Crippen molar-refractivity contribution in [3.05, 3.63) is 58.3 Å². The van der Waals surface area contributed by atoms with E-state index in [9.17, 15) is 9.18 Å². The van der Waals surface area contributed by atoms with Crippen molar-refractivity contribution in [3.63, 3.8) is 0 Å². The van der Waals surface area contributed by atoms with Gasteiger partial charge in [0.2, 0.25) is 5.91 Å². The fraction of sp³-hybridized carbons (Fsp3) is 0.250. The van der Waals surface area contributed by atoms with Gasteiger partial charge in [-0.2, -0.15) is 0 Å². The first-order valence-corrected chi connectivity index (χ1v) is 8.52. The fourth-order valence-electron chi connectivity index (χ4n) is 2.08. The normalized spacial score (nSPS) is 13.3. The number of nitrogens with one attached hydrogen (secondary N) is 2. The van der Waals surface area contributed by atoms with Gasteiger partial charge in [-0.25, -0.2) is 9.37 Å². The summed E-state index contributed by atoms with van der Waals surface area (Å²) in [7, 11) is 0. The molecular formula is C16H18ClFN4OS. The maximum absolute atomic E-state index is 13.2. The van der Waals surface area contributed by atoms with Gasteiger partial charge in [-0.3, -0.25) is 4.79 Å².